The molecule has 2 heterocycles. The number of amides is 1. The number of halogens is 4. The Bertz CT molecular complexity index is 959. The summed E-state index contributed by atoms with van der Waals surface area (Å²) in [5, 5.41) is 2.45. The van der Waals surface area contributed by atoms with Crippen molar-refractivity contribution in [2.45, 2.75) is 13.2 Å². The number of allylic oxidation sites excluding steroid dienone is 2. The maximum absolute atomic E-state index is 13.4. The number of anilines is 1. The molecule has 0 bridgehead atoms. The third-order valence-electron chi connectivity index (χ3n) is 3.69. The Balaban J connectivity index is 1.83. The summed E-state index contributed by atoms with van der Waals surface area (Å²) in [5.41, 5.74) is 0.982. The molecule has 0 saturated heterocycles. The molecule has 0 fully saturated rings. The Kier molecular flexibility index (Phi) is 4.97. The van der Waals surface area contributed by atoms with Gasteiger partial charge in [-0.3, -0.25) is 4.79 Å². The van der Waals surface area contributed by atoms with Crippen LogP contribution >= 0.6 is 15.9 Å². The molecule has 1 aliphatic rings. The number of nitrogens with zero attached hydrogens (tertiary/aromatic N) is 1. The third-order valence-corrected chi connectivity index (χ3v) is 4.34. The lowest BCUT2D eigenvalue weighted by Crippen LogP contribution is -2.25. The summed E-state index contributed by atoms with van der Waals surface area (Å²) in [6, 6.07) is 5.87. The molecule has 2 aromatic rings. The van der Waals surface area contributed by atoms with E-state index in [2.05, 4.69) is 42.3 Å². The predicted octanol–water partition coefficient (Wildman–Crippen LogP) is 5.20. The van der Waals surface area contributed by atoms with E-state index in [0.717, 1.165) is 6.08 Å². The van der Waals surface area contributed by atoms with Crippen LogP contribution < -0.4 is 14.8 Å². The average molecular weight is 441 g/mol. The van der Waals surface area contributed by atoms with Crippen molar-refractivity contribution in [2.75, 3.05) is 5.32 Å². The minimum absolute atomic E-state index is 0.0843. The minimum atomic E-state index is -3.71. The van der Waals surface area contributed by atoms with Crippen molar-refractivity contribution < 1.29 is 27.4 Å². The SMILES string of the molecule is C=C/C(F)=C(\C)C(=O)Nc1ccc(-c2cc3c(cc2Br)OC(F)(F)O3)cn1. The predicted molar refractivity (Wildman–Crippen MR) is 96.2 cm³/mol. The number of fused-ring (bicyclic) bond motifs is 1. The number of rotatable bonds is 4. The molecule has 0 unspecified atom stereocenters. The van der Waals surface area contributed by atoms with Gasteiger partial charge in [0.2, 0.25) is 0 Å². The number of alkyl halides is 2. The van der Waals surface area contributed by atoms with Gasteiger partial charge in [0.05, 0.1) is 0 Å². The van der Waals surface area contributed by atoms with Crippen LogP contribution in [-0.2, 0) is 4.79 Å². The second-order valence-electron chi connectivity index (χ2n) is 5.51. The smallest absolute Gasteiger partial charge is 0.395 e. The highest BCUT2D eigenvalue weighted by molar-refractivity contribution is 9.10. The van der Waals surface area contributed by atoms with Gasteiger partial charge >= 0.3 is 6.29 Å². The van der Waals surface area contributed by atoms with Crippen molar-refractivity contribution >= 4 is 27.7 Å². The standard InChI is InChI=1S/C18H12BrF3N2O3/c1-3-13(20)9(2)17(25)24-16-5-4-10(8-23-16)11-6-14-15(7-12(11)19)27-18(21,22)26-14/h3-8H,1H2,2H3,(H,23,24,25)/b13-9-. The van der Waals surface area contributed by atoms with Crippen LogP contribution in [0.2, 0.25) is 0 Å². The number of carbonyl (C=O) groups is 1. The Hall–Kier alpha value is -2.81. The maximum atomic E-state index is 13.4. The molecular weight excluding hydrogens is 429 g/mol. The van der Waals surface area contributed by atoms with E-state index < -0.39 is 18.0 Å². The van der Waals surface area contributed by atoms with Crippen LogP contribution in [0.4, 0.5) is 19.0 Å². The molecule has 1 N–H and O–H groups in total. The first kappa shape index (κ1) is 19.0. The number of nitrogens with one attached hydrogen (secondary N) is 1. The molecule has 1 aromatic carbocycles. The zero-order chi connectivity index (χ0) is 19.8. The summed E-state index contributed by atoms with van der Waals surface area (Å²) in [7, 11) is 0. The molecule has 0 saturated carbocycles. The Morgan fingerprint density at radius 2 is 1.96 bits per heavy atom. The highest BCUT2D eigenvalue weighted by Gasteiger charge is 2.43. The summed E-state index contributed by atoms with van der Waals surface area (Å²) < 4.78 is 49.1. The highest BCUT2D eigenvalue weighted by atomic mass is 79.9. The van der Waals surface area contributed by atoms with Gasteiger partial charge in [-0.2, -0.15) is 0 Å². The van der Waals surface area contributed by atoms with E-state index in [4.69, 9.17) is 0 Å². The van der Waals surface area contributed by atoms with E-state index in [1.807, 2.05) is 0 Å². The molecule has 140 valence electrons. The van der Waals surface area contributed by atoms with Crippen molar-refractivity contribution in [3.8, 4) is 22.6 Å². The Morgan fingerprint density at radius 3 is 2.56 bits per heavy atom. The van der Waals surface area contributed by atoms with Gasteiger partial charge < -0.3 is 14.8 Å². The fraction of sp³-hybridized carbons (Fsp3) is 0.111. The summed E-state index contributed by atoms with van der Waals surface area (Å²) in [6.45, 7) is 4.58. The van der Waals surface area contributed by atoms with Crippen molar-refractivity contribution in [3.05, 3.63) is 59.0 Å². The van der Waals surface area contributed by atoms with Gasteiger partial charge in [-0.1, -0.05) is 22.5 Å². The lowest BCUT2D eigenvalue weighted by atomic mass is 10.1. The number of hydrogen-bond acceptors (Lipinski definition) is 4. The van der Waals surface area contributed by atoms with E-state index in [0.29, 0.717) is 15.6 Å². The first-order valence-corrected chi connectivity index (χ1v) is 8.35. The Labute approximate surface area is 160 Å². The molecule has 1 amide bonds. The van der Waals surface area contributed by atoms with Gasteiger partial charge in [0.1, 0.15) is 11.6 Å². The zero-order valence-corrected chi connectivity index (χ0v) is 15.4. The molecule has 3 rings (SSSR count). The van der Waals surface area contributed by atoms with Crippen LogP contribution in [0.15, 0.2) is 59.0 Å². The van der Waals surface area contributed by atoms with Crippen LogP contribution in [0.3, 0.4) is 0 Å². The molecule has 1 aromatic heterocycles. The van der Waals surface area contributed by atoms with Crippen molar-refractivity contribution in [1.82, 2.24) is 4.98 Å². The first-order valence-electron chi connectivity index (χ1n) is 7.56. The van der Waals surface area contributed by atoms with Crippen LogP contribution in [0.1, 0.15) is 6.92 Å². The van der Waals surface area contributed by atoms with E-state index in [1.165, 1.54) is 31.3 Å². The quantitative estimate of drug-likeness (QED) is 0.524. The molecule has 1 aliphatic heterocycles. The highest BCUT2D eigenvalue weighted by Crippen LogP contribution is 2.46. The van der Waals surface area contributed by atoms with E-state index in [1.54, 1.807) is 6.07 Å². The number of aromatic nitrogens is 1. The van der Waals surface area contributed by atoms with Gasteiger partial charge in [0.25, 0.3) is 5.91 Å². The van der Waals surface area contributed by atoms with Gasteiger partial charge in [-0.15, -0.1) is 8.78 Å². The molecule has 0 radical (unpaired) electrons. The first-order chi connectivity index (χ1) is 12.7. The molecule has 9 heteroatoms. The van der Waals surface area contributed by atoms with Crippen molar-refractivity contribution in [2.24, 2.45) is 0 Å². The Morgan fingerprint density at radius 1 is 1.30 bits per heavy atom. The van der Waals surface area contributed by atoms with Crippen molar-refractivity contribution in [3.63, 3.8) is 0 Å². The molecule has 27 heavy (non-hydrogen) atoms. The normalized spacial score (nSPS) is 15.1. The topological polar surface area (TPSA) is 60.5 Å². The number of benzene rings is 1. The summed E-state index contributed by atoms with van der Waals surface area (Å²) in [4.78, 5) is 16.0. The van der Waals surface area contributed by atoms with Crippen LogP contribution in [-0.4, -0.2) is 17.2 Å². The fourth-order valence-corrected chi connectivity index (χ4v) is 2.84. The third kappa shape index (κ3) is 3.97. The lowest BCUT2D eigenvalue weighted by Gasteiger charge is -2.08. The van der Waals surface area contributed by atoms with Crippen LogP contribution in [0.25, 0.3) is 11.1 Å². The van der Waals surface area contributed by atoms with Crippen LogP contribution in [0.5, 0.6) is 11.5 Å². The average Bonchev–Trinajstić information content (AvgIpc) is 2.93. The van der Waals surface area contributed by atoms with Gasteiger partial charge in [0.15, 0.2) is 11.5 Å². The molecular formula is C18H12BrF3N2O3. The fourth-order valence-electron chi connectivity index (χ4n) is 2.29. The van der Waals surface area contributed by atoms with Crippen molar-refractivity contribution in [1.29, 1.82) is 0 Å². The second kappa shape index (κ2) is 7.07. The molecule has 0 spiro atoms. The number of ether oxygens (including phenoxy) is 2. The number of pyridine rings is 1. The number of hydrogen-bond donors (Lipinski definition) is 1. The second-order valence-corrected chi connectivity index (χ2v) is 6.36. The lowest BCUT2D eigenvalue weighted by molar-refractivity contribution is -0.286. The van der Waals surface area contributed by atoms with E-state index in [-0.39, 0.29) is 22.9 Å². The minimum Gasteiger partial charge on any atom is -0.395 e. The van der Waals surface area contributed by atoms with Gasteiger partial charge in [-0.05, 0) is 37.3 Å². The van der Waals surface area contributed by atoms with E-state index in [9.17, 15) is 18.0 Å². The van der Waals surface area contributed by atoms with Gasteiger partial charge in [-0.25, -0.2) is 9.37 Å². The zero-order valence-electron chi connectivity index (χ0n) is 13.9. The van der Waals surface area contributed by atoms with Gasteiger partial charge in [0, 0.05) is 27.4 Å². The summed E-state index contributed by atoms with van der Waals surface area (Å²) >= 11 is 3.29. The molecule has 0 aliphatic carbocycles. The maximum Gasteiger partial charge on any atom is 0.586 e. The molecule has 0 atom stereocenters. The summed E-state index contributed by atoms with van der Waals surface area (Å²) in [6.07, 6.45) is -1.34. The van der Waals surface area contributed by atoms with Crippen LogP contribution in [0, 0.1) is 0 Å². The molecule has 5 nitrogen and oxygen atoms in total. The summed E-state index contributed by atoms with van der Waals surface area (Å²) in [5.74, 6) is -1.37. The number of carbonyl (C=O) groups excluding carboxylic acids is 1. The van der Waals surface area contributed by atoms with E-state index >= 15 is 0 Å². The monoisotopic (exact) mass is 440 g/mol. The largest absolute Gasteiger partial charge is 0.586 e.